The molecule has 1 atom stereocenters. The fraction of sp³-hybridized carbons (Fsp3) is 0.304. The lowest BCUT2D eigenvalue weighted by atomic mass is 10.0. The lowest BCUT2D eigenvalue weighted by Crippen LogP contribution is -2.37. The molecule has 0 spiro atoms. The van der Waals surface area contributed by atoms with Crippen LogP contribution in [0.1, 0.15) is 31.1 Å². The fourth-order valence-electron chi connectivity index (χ4n) is 3.63. The van der Waals surface area contributed by atoms with E-state index >= 15 is 0 Å². The van der Waals surface area contributed by atoms with Gasteiger partial charge in [0, 0.05) is 13.6 Å². The highest BCUT2D eigenvalue weighted by molar-refractivity contribution is 7.91. The smallest absolute Gasteiger partial charge is 0.265 e. The third kappa shape index (κ3) is 5.84. The molecule has 0 fully saturated rings. The maximum Gasteiger partial charge on any atom is 0.265 e. The standard InChI is InChI=1S/C23H26N6O4S2/c1-15(2)21(22(30)28(3)12-16-7-5-4-6-8-16)29-13-17(26-27-29)14-33-18-9-10-19-20(11-18)34-23(25-19)35(24,31)32/h4-11,13,15,21H,12,14H2,1-3H3,(H2,24,31,32)/t21-/m0/s1. The molecule has 2 heterocycles. The van der Waals surface area contributed by atoms with E-state index in [0.717, 1.165) is 16.9 Å². The molecule has 0 bridgehead atoms. The van der Waals surface area contributed by atoms with Crippen LogP contribution in [0, 0.1) is 5.92 Å². The highest BCUT2D eigenvalue weighted by atomic mass is 32.2. The van der Waals surface area contributed by atoms with Gasteiger partial charge in [-0.05, 0) is 29.7 Å². The summed E-state index contributed by atoms with van der Waals surface area (Å²) in [6, 6.07) is 14.4. The van der Waals surface area contributed by atoms with Gasteiger partial charge in [0.1, 0.15) is 24.1 Å². The number of nitrogens with two attached hydrogens (primary N) is 1. The van der Waals surface area contributed by atoms with Gasteiger partial charge in [0.25, 0.3) is 10.0 Å². The number of primary sulfonamides is 1. The van der Waals surface area contributed by atoms with Crippen LogP contribution in [0.15, 0.2) is 59.1 Å². The number of nitrogens with zero attached hydrogens (tertiary/aromatic N) is 5. The second-order valence-corrected chi connectivity index (χ2v) is 11.3. The van der Waals surface area contributed by atoms with Crippen LogP contribution in [-0.2, 0) is 28.0 Å². The lowest BCUT2D eigenvalue weighted by molar-refractivity contribution is -0.135. The molecule has 2 aromatic carbocycles. The van der Waals surface area contributed by atoms with Gasteiger partial charge in [-0.2, -0.15) is 0 Å². The number of ether oxygens (including phenoxy) is 1. The molecule has 35 heavy (non-hydrogen) atoms. The molecule has 0 aliphatic carbocycles. The fourth-order valence-corrected chi connectivity index (χ4v) is 5.32. The van der Waals surface area contributed by atoms with Gasteiger partial charge in [-0.15, -0.1) is 16.4 Å². The number of likely N-dealkylation sites (N-methyl/N-ethyl adjacent to an activating group) is 1. The van der Waals surface area contributed by atoms with Crippen molar-refractivity contribution in [2.24, 2.45) is 11.1 Å². The van der Waals surface area contributed by atoms with Crippen LogP contribution in [0.4, 0.5) is 0 Å². The first-order valence-corrected chi connectivity index (χ1v) is 13.2. The molecule has 4 rings (SSSR count). The maximum absolute atomic E-state index is 13.2. The van der Waals surface area contributed by atoms with Crippen molar-refractivity contribution in [2.45, 2.75) is 37.4 Å². The average Bonchev–Trinajstić information content (AvgIpc) is 3.45. The van der Waals surface area contributed by atoms with E-state index < -0.39 is 16.1 Å². The highest BCUT2D eigenvalue weighted by Gasteiger charge is 2.28. The van der Waals surface area contributed by atoms with Crippen LogP contribution in [0.5, 0.6) is 5.75 Å². The summed E-state index contributed by atoms with van der Waals surface area (Å²) in [6.45, 7) is 4.57. The Hall–Kier alpha value is -3.35. The van der Waals surface area contributed by atoms with Crippen molar-refractivity contribution in [1.29, 1.82) is 0 Å². The number of aromatic nitrogens is 4. The molecular weight excluding hydrogens is 488 g/mol. The molecular formula is C23H26N6O4S2. The number of rotatable bonds is 9. The first-order valence-electron chi connectivity index (χ1n) is 10.9. The topological polar surface area (TPSA) is 133 Å². The van der Waals surface area contributed by atoms with Crippen LogP contribution in [0.2, 0.25) is 0 Å². The highest BCUT2D eigenvalue weighted by Crippen LogP contribution is 2.28. The van der Waals surface area contributed by atoms with E-state index in [0.29, 0.717) is 28.2 Å². The molecule has 4 aromatic rings. The van der Waals surface area contributed by atoms with E-state index in [4.69, 9.17) is 9.88 Å². The summed E-state index contributed by atoms with van der Waals surface area (Å²) < 4.78 is 31.0. The zero-order valence-corrected chi connectivity index (χ0v) is 21.2. The Labute approximate surface area is 207 Å². The van der Waals surface area contributed by atoms with E-state index in [1.54, 1.807) is 41.0 Å². The summed E-state index contributed by atoms with van der Waals surface area (Å²) in [5.41, 5.74) is 2.13. The van der Waals surface area contributed by atoms with Gasteiger partial charge in [0.05, 0.1) is 16.4 Å². The van der Waals surface area contributed by atoms with Gasteiger partial charge in [-0.25, -0.2) is 23.2 Å². The van der Waals surface area contributed by atoms with Crippen molar-refractivity contribution < 1.29 is 17.9 Å². The Morgan fingerprint density at radius 3 is 2.63 bits per heavy atom. The van der Waals surface area contributed by atoms with E-state index in [-0.39, 0.29) is 22.8 Å². The monoisotopic (exact) mass is 514 g/mol. The molecule has 2 aromatic heterocycles. The van der Waals surface area contributed by atoms with E-state index in [1.165, 1.54) is 0 Å². The molecule has 0 aliphatic heterocycles. The van der Waals surface area contributed by atoms with Gasteiger partial charge in [0.15, 0.2) is 0 Å². The maximum atomic E-state index is 13.2. The van der Waals surface area contributed by atoms with Gasteiger partial charge in [-0.1, -0.05) is 49.4 Å². The van der Waals surface area contributed by atoms with E-state index in [1.807, 2.05) is 44.2 Å². The molecule has 2 N–H and O–H groups in total. The Bertz CT molecular complexity index is 1430. The third-order valence-electron chi connectivity index (χ3n) is 5.34. The van der Waals surface area contributed by atoms with Crippen LogP contribution in [0.3, 0.4) is 0 Å². The quantitative estimate of drug-likeness (QED) is 0.363. The molecule has 0 saturated carbocycles. The van der Waals surface area contributed by atoms with Crippen molar-refractivity contribution >= 4 is 37.5 Å². The molecule has 10 nitrogen and oxygen atoms in total. The second kappa shape index (κ2) is 10.1. The number of carbonyl (C=O) groups excluding carboxylic acids is 1. The summed E-state index contributed by atoms with van der Waals surface area (Å²) in [5.74, 6) is 0.469. The van der Waals surface area contributed by atoms with Crippen molar-refractivity contribution in [3.05, 3.63) is 66.0 Å². The Morgan fingerprint density at radius 2 is 1.94 bits per heavy atom. The number of fused-ring (bicyclic) bond motifs is 1. The summed E-state index contributed by atoms with van der Waals surface area (Å²) in [5, 5.41) is 13.5. The summed E-state index contributed by atoms with van der Waals surface area (Å²) in [7, 11) is -2.08. The second-order valence-electron chi connectivity index (χ2n) is 8.50. The number of hydrogen-bond donors (Lipinski definition) is 1. The van der Waals surface area contributed by atoms with Gasteiger partial charge >= 0.3 is 0 Å². The van der Waals surface area contributed by atoms with E-state index in [2.05, 4.69) is 15.3 Å². The van der Waals surface area contributed by atoms with Crippen molar-refractivity contribution in [2.75, 3.05) is 7.05 Å². The van der Waals surface area contributed by atoms with Crippen LogP contribution in [-0.4, -0.2) is 46.3 Å². The molecule has 1 amide bonds. The molecule has 0 saturated heterocycles. The lowest BCUT2D eigenvalue weighted by Gasteiger charge is -2.26. The normalized spacial score (nSPS) is 12.7. The summed E-state index contributed by atoms with van der Waals surface area (Å²) in [4.78, 5) is 18.9. The zero-order chi connectivity index (χ0) is 25.2. The predicted molar refractivity (Wildman–Crippen MR) is 132 cm³/mol. The van der Waals surface area contributed by atoms with Gasteiger partial charge in [0.2, 0.25) is 10.2 Å². The van der Waals surface area contributed by atoms with Crippen molar-refractivity contribution in [1.82, 2.24) is 24.9 Å². The number of benzene rings is 2. The first-order chi connectivity index (χ1) is 16.6. The number of thiazole rings is 1. The average molecular weight is 515 g/mol. The van der Waals surface area contributed by atoms with Crippen LogP contribution in [0.25, 0.3) is 10.2 Å². The zero-order valence-electron chi connectivity index (χ0n) is 19.5. The molecule has 184 valence electrons. The number of sulfonamides is 1. The van der Waals surface area contributed by atoms with Gasteiger partial charge in [-0.3, -0.25) is 4.79 Å². The van der Waals surface area contributed by atoms with Gasteiger partial charge < -0.3 is 9.64 Å². The van der Waals surface area contributed by atoms with Crippen molar-refractivity contribution in [3.63, 3.8) is 0 Å². The third-order valence-corrected chi connectivity index (χ3v) is 7.67. The van der Waals surface area contributed by atoms with Crippen LogP contribution < -0.4 is 9.88 Å². The summed E-state index contributed by atoms with van der Waals surface area (Å²) >= 11 is 0.979. The number of amides is 1. The minimum atomic E-state index is -3.86. The first kappa shape index (κ1) is 24.8. The predicted octanol–water partition coefficient (Wildman–Crippen LogP) is 2.97. The molecule has 0 unspecified atom stereocenters. The molecule has 0 radical (unpaired) electrons. The number of hydrogen-bond acceptors (Lipinski definition) is 8. The Kier molecular flexibility index (Phi) is 7.15. The van der Waals surface area contributed by atoms with Crippen LogP contribution >= 0.6 is 11.3 Å². The largest absolute Gasteiger partial charge is 0.487 e. The van der Waals surface area contributed by atoms with E-state index in [9.17, 15) is 13.2 Å². The molecule has 0 aliphatic rings. The Morgan fingerprint density at radius 1 is 1.20 bits per heavy atom. The molecule has 12 heteroatoms. The Balaban J connectivity index is 1.44. The summed E-state index contributed by atoms with van der Waals surface area (Å²) in [6.07, 6.45) is 1.71. The van der Waals surface area contributed by atoms with Crippen molar-refractivity contribution in [3.8, 4) is 5.75 Å². The SMILES string of the molecule is CC(C)[C@@H](C(=O)N(C)Cc1ccccc1)n1cc(COc2ccc3nc(S(N)(=O)=O)sc3c2)nn1. The minimum Gasteiger partial charge on any atom is -0.487 e. The number of carbonyl (C=O) groups is 1. The minimum absolute atomic E-state index is 0.00190.